The van der Waals surface area contributed by atoms with Crippen LogP contribution in [0, 0.1) is 0 Å². The van der Waals surface area contributed by atoms with Gasteiger partial charge in [0.2, 0.25) is 0 Å². The van der Waals surface area contributed by atoms with E-state index in [2.05, 4.69) is 11.1 Å². The van der Waals surface area contributed by atoms with Crippen molar-refractivity contribution in [1.29, 1.82) is 0 Å². The summed E-state index contributed by atoms with van der Waals surface area (Å²) in [5, 5.41) is 0.636. The molecule has 0 unspecified atom stereocenters. The highest BCUT2D eigenvalue weighted by molar-refractivity contribution is 6.30. The molecule has 0 radical (unpaired) electrons. The molecule has 1 aliphatic rings. The van der Waals surface area contributed by atoms with Crippen molar-refractivity contribution in [2.24, 2.45) is 0 Å². The van der Waals surface area contributed by atoms with Crippen molar-refractivity contribution in [2.75, 3.05) is 13.1 Å². The van der Waals surface area contributed by atoms with E-state index in [1.165, 1.54) is 5.57 Å². The van der Waals surface area contributed by atoms with Crippen LogP contribution in [0.4, 0.5) is 4.79 Å². The summed E-state index contributed by atoms with van der Waals surface area (Å²) in [5.74, 6) is 0. The highest BCUT2D eigenvalue weighted by Gasteiger charge is 2.24. The van der Waals surface area contributed by atoms with Crippen LogP contribution in [0.25, 0.3) is 6.08 Å². The van der Waals surface area contributed by atoms with Gasteiger partial charge in [-0.05, 0) is 51.8 Å². The molecule has 1 fully saturated rings. The predicted octanol–water partition coefficient (Wildman–Crippen LogP) is 4.15. The third-order valence-corrected chi connectivity index (χ3v) is 3.38. The SMILES string of the molecule is CC(C)(C)OC(=O)N1CCC(=Cc2ccc(Cl)cn2)CC1. The fourth-order valence-corrected chi connectivity index (χ4v) is 2.24. The largest absolute Gasteiger partial charge is 0.444 e. The van der Waals surface area contributed by atoms with Crippen molar-refractivity contribution in [1.82, 2.24) is 9.88 Å². The van der Waals surface area contributed by atoms with E-state index >= 15 is 0 Å². The Balaban J connectivity index is 1.91. The van der Waals surface area contributed by atoms with E-state index < -0.39 is 5.60 Å². The summed E-state index contributed by atoms with van der Waals surface area (Å²) in [6.45, 7) is 7.02. The zero-order valence-corrected chi connectivity index (χ0v) is 13.5. The Kier molecular flexibility index (Phi) is 4.88. The van der Waals surface area contributed by atoms with Crippen molar-refractivity contribution in [3.8, 4) is 0 Å². The monoisotopic (exact) mass is 308 g/mol. The molecular weight excluding hydrogens is 288 g/mol. The fraction of sp³-hybridized carbons (Fsp3) is 0.500. The molecule has 0 bridgehead atoms. The molecule has 5 heteroatoms. The highest BCUT2D eigenvalue weighted by Crippen LogP contribution is 2.21. The summed E-state index contributed by atoms with van der Waals surface area (Å²) in [6.07, 6.45) is 5.19. The number of carbonyl (C=O) groups excluding carboxylic acids is 1. The third-order valence-electron chi connectivity index (χ3n) is 3.16. The first-order chi connectivity index (χ1) is 9.83. The molecule has 0 spiro atoms. The number of pyridine rings is 1. The number of nitrogens with zero attached hydrogens (tertiary/aromatic N) is 2. The second kappa shape index (κ2) is 6.48. The van der Waals surface area contributed by atoms with Gasteiger partial charge in [-0.1, -0.05) is 17.2 Å². The molecule has 2 heterocycles. The van der Waals surface area contributed by atoms with Crippen molar-refractivity contribution >= 4 is 23.8 Å². The minimum absolute atomic E-state index is 0.230. The summed E-state index contributed by atoms with van der Waals surface area (Å²) in [4.78, 5) is 18.0. The maximum atomic E-state index is 12.0. The number of amides is 1. The zero-order chi connectivity index (χ0) is 15.5. The zero-order valence-electron chi connectivity index (χ0n) is 12.7. The van der Waals surface area contributed by atoms with Crippen molar-refractivity contribution in [2.45, 2.75) is 39.2 Å². The minimum atomic E-state index is -0.444. The first-order valence-electron chi connectivity index (χ1n) is 7.12. The lowest BCUT2D eigenvalue weighted by Crippen LogP contribution is -2.40. The Morgan fingerprint density at radius 3 is 2.52 bits per heavy atom. The molecule has 1 aromatic heterocycles. The van der Waals surface area contributed by atoms with Gasteiger partial charge in [-0.3, -0.25) is 4.98 Å². The van der Waals surface area contributed by atoms with E-state index in [0.29, 0.717) is 18.1 Å². The van der Waals surface area contributed by atoms with Gasteiger partial charge in [0, 0.05) is 19.3 Å². The molecule has 114 valence electrons. The lowest BCUT2D eigenvalue weighted by Gasteiger charge is -2.31. The van der Waals surface area contributed by atoms with Gasteiger partial charge in [-0.25, -0.2) is 4.79 Å². The molecule has 0 saturated carbocycles. The average molecular weight is 309 g/mol. The van der Waals surface area contributed by atoms with Crippen LogP contribution in [0.3, 0.4) is 0 Å². The lowest BCUT2D eigenvalue weighted by molar-refractivity contribution is 0.0237. The fourth-order valence-electron chi connectivity index (χ4n) is 2.13. The average Bonchev–Trinajstić information content (AvgIpc) is 2.40. The molecule has 0 N–H and O–H groups in total. The Bertz CT molecular complexity index is 522. The van der Waals surface area contributed by atoms with Crippen LogP contribution >= 0.6 is 11.6 Å². The van der Waals surface area contributed by atoms with E-state index in [4.69, 9.17) is 16.3 Å². The van der Waals surface area contributed by atoms with Crippen LogP contribution in [0.1, 0.15) is 39.3 Å². The minimum Gasteiger partial charge on any atom is -0.444 e. The van der Waals surface area contributed by atoms with Gasteiger partial charge >= 0.3 is 6.09 Å². The standard InChI is InChI=1S/C16H21ClN2O2/c1-16(2,3)21-15(20)19-8-6-12(7-9-19)10-14-5-4-13(17)11-18-14/h4-5,10-11H,6-9H2,1-3H3. The summed E-state index contributed by atoms with van der Waals surface area (Å²) in [6, 6.07) is 3.73. The second-order valence-electron chi connectivity index (χ2n) is 6.17. The van der Waals surface area contributed by atoms with Crippen LogP contribution in [-0.2, 0) is 4.74 Å². The quantitative estimate of drug-likeness (QED) is 0.782. The summed E-state index contributed by atoms with van der Waals surface area (Å²) in [7, 11) is 0. The van der Waals surface area contributed by atoms with Crippen molar-refractivity contribution < 1.29 is 9.53 Å². The van der Waals surface area contributed by atoms with Crippen LogP contribution in [0.15, 0.2) is 23.9 Å². The molecule has 1 aliphatic heterocycles. The Hall–Kier alpha value is -1.55. The van der Waals surface area contributed by atoms with Gasteiger partial charge in [0.05, 0.1) is 10.7 Å². The van der Waals surface area contributed by atoms with Gasteiger partial charge in [-0.2, -0.15) is 0 Å². The Morgan fingerprint density at radius 2 is 2.00 bits per heavy atom. The van der Waals surface area contributed by atoms with Gasteiger partial charge in [0.15, 0.2) is 0 Å². The maximum Gasteiger partial charge on any atom is 0.410 e. The number of ether oxygens (including phenoxy) is 1. The van der Waals surface area contributed by atoms with Gasteiger partial charge < -0.3 is 9.64 Å². The maximum absolute atomic E-state index is 12.0. The second-order valence-corrected chi connectivity index (χ2v) is 6.61. The van der Waals surface area contributed by atoms with Crippen LogP contribution in [0.2, 0.25) is 5.02 Å². The molecule has 0 aliphatic carbocycles. The lowest BCUT2D eigenvalue weighted by atomic mass is 10.0. The Labute approximate surface area is 130 Å². The molecule has 1 aromatic rings. The molecule has 1 amide bonds. The normalized spacial score (nSPS) is 15.8. The summed E-state index contributed by atoms with van der Waals surface area (Å²) < 4.78 is 5.38. The number of hydrogen-bond acceptors (Lipinski definition) is 3. The third kappa shape index (κ3) is 5.05. The number of rotatable bonds is 1. The molecule has 2 rings (SSSR count). The van der Waals surface area contributed by atoms with E-state index in [1.807, 2.05) is 32.9 Å². The number of hydrogen-bond donors (Lipinski definition) is 0. The number of piperidine rings is 1. The van der Waals surface area contributed by atoms with E-state index in [0.717, 1.165) is 18.5 Å². The van der Waals surface area contributed by atoms with E-state index in [-0.39, 0.29) is 6.09 Å². The van der Waals surface area contributed by atoms with Crippen molar-refractivity contribution in [3.63, 3.8) is 0 Å². The summed E-state index contributed by atoms with van der Waals surface area (Å²) in [5.41, 5.74) is 1.75. The van der Waals surface area contributed by atoms with Crippen molar-refractivity contribution in [3.05, 3.63) is 34.6 Å². The topological polar surface area (TPSA) is 42.4 Å². The van der Waals surface area contributed by atoms with Gasteiger partial charge in [0.1, 0.15) is 5.60 Å². The Morgan fingerprint density at radius 1 is 1.33 bits per heavy atom. The number of carbonyl (C=O) groups is 1. The molecule has 0 atom stereocenters. The number of halogens is 1. The predicted molar refractivity (Wildman–Crippen MR) is 84.3 cm³/mol. The highest BCUT2D eigenvalue weighted by atomic mass is 35.5. The first kappa shape index (κ1) is 15.8. The summed E-state index contributed by atoms with van der Waals surface area (Å²) >= 11 is 5.82. The smallest absolute Gasteiger partial charge is 0.410 e. The van der Waals surface area contributed by atoms with E-state index in [9.17, 15) is 4.79 Å². The van der Waals surface area contributed by atoms with Gasteiger partial charge in [0.25, 0.3) is 0 Å². The molecule has 21 heavy (non-hydrogen) atoms. The molecule has 1 saturated heterocycles. The number of likely N-dealkylation sites (tertiary alicyclic amines) is 1. The molecule has 0 aromatic carbocycles. The first-order valence-corrected chi connectivity index (χ1v) is 7.50. The molecular formula is C16H21ClN2O2. The van der Waals surface area contributed by atoms with Crippen LogP contribution in [-0.4, -0.2) is 34.7 Å². The molecule has 4 nitrogen and oxygen atoms in total. The van der Waals surface area contributed by atoms with Crippen LogP contribution < -0.4 is 0 Å². The number of aromatic nitrogens is 1. The van der Waals surface area contributed by atoms with Crippen LogP contribution in [0.5, 0.6) is 0 Å². The van der Waals surface area contributed by atoms with E-state index in [1.54, 1.807) is 11.1 Å². The van der Waals surface area contributed by atoms with Gasteiger partial charge in [-0.15, -0.1) is 0 Å².